The third kappa shape index (κ3) is 3.34. The SMILES string of the molecule is Cc1cc(N2C(=O)C3(CCC3)N(c3ccc(C(=O)Nc4nccs4)c(F)c3)C2=S)cnc1C#N. The van der Waals surface area contributed by atoms with E-state index in [0.717, 1.165) is 6.42 Å². The minimum absolute atomic E-state index is 0.137. The fourth-order valence-electron chi connectivity index (χ4n) is 4.28. The molecule has 2 aliphatic rings. The summed E-state index contributed by atoms with van der Waals surface area (Å²) >= 11 is 6.92. The fourth-order valence-corrected chi connectivity index (χ4v) is 5.28. The summed E-state index contributed by atoms with van der Waals surface area (Å²) in [7, 11) is 0. The highest BCUT2D eigenvalue weighted by Gasteiger charge is 2.59. The Morgan fingerprint density at radius 3 is 2.68 bits per heavy atom. The van der Waals surface area contributed by atoms with Crippen LogP contribution in [0, 0.1) is 24.1 Å². The highest BCUT2D eigenvalue weighted by molar-refractivity contribution is 7.81. The molecule has 0 radical (unpaired) electrons. The van der Waals surface area contributed by atoms with Gasteiger partial charge in [-0.25, -0.2) is 14.4 Å². The molecule has 0 unspecified atom stereocenters. The van der Waals surface area contributed by atoms with E-state index in [1.54, 1.807) is 35.5 Å². The number of amides is 2. The third-order valence-electron chi connectivity index (χ3n) is 6.13. The molecule has 170 valence electrons. The molecule has 1 spiro atoms. The number of aryl methyl sites for hydroxylation is 1. The maximum absolute atomic E-state index is 15.1. The van der Waals surface area contributed by atoms with Crippen molar-refractivity contribution in [2.75, 3.05) is 15.1 Å². The number of nitrogens with one attached hydrogen (secondary N) is 1. The van der Waals surface area contributed by atoms with E-state index >= 15 is 4.39 Å². The Morgan fingerprint density at radius 2 is 2.09 bits per heavy atom. The molecule has 1 aliphatic heterocycles. The molecule has 1 aromatic carbocycles. The Morgan fingerprint density at radius 1 is 1.29 bits per heavy atom. The van der Waals surface area contributed by atoms with Crippen LogP contribution in [0.1, 0.15) is 40.9 Å². The van der Waals surface area contributed by atoms with Gasteiger partial charge < -0.3 is 4.90 Å². The van der Waals surface area contributed by atoms with Gasteiger partial charge in [0, 0.05) is 17.3 Å². The summed E-state index contributed by atoms with van der Waals surface area (Å²) in [4.78, 5) is 37.2. The molecule has 0 atom stereocenters. The number of anilines is 3. The summed E-state index contributed by atoms with van der Waals surface area (Å²) in [6.07, 6.45) is 4.95. The highest BCUT2D eigenvalue weighted by atomic mass is 32.1. The van der Waals surface area contributed by atoms with E-state index in [2.05, 4.69) is 15.3 Å². The molecule has 5 rings (SSSR count). The van der Waals surface area contributed by atoms with Crippen molar-refractivity contribution in [2.24, 2.45) is 0 Å². The molecule has 1 saturated heterocycles. The molecule has 1 saturated carbocycles. The Kier molecular flexibility index (Phi) is 5.34. The van der Waals surface area contributed by atoms with E-state index in [-0.39, 0.29) is 22.3 Å². The Labute approximate surface area is 203 Å². The predicted molar refractivity (Wildman–Crippen MR) is 129 cm³/mol. The summed E-state index contributed by atoms with van der Waals surface area (Å²) in [5, 5.41) is 14.0. The number of rotatable bonds is 4. The number of halogens is 1. The first-order valence-corrected chi connectivity index (χ1v) is 11.7. The van der Waals surface area contributed by atoms with Crippen LogP contribution < -0.4 is 15.1 Å². The van der Waals surface area contributed by atoms with Gasteiger partial charge in [0.25, 0.3) is 11.8 Å². The van der Waals surface area contributed by atoms with Crippen molar-refractivity contribution in [3.05, 3.63) is 64.7 Å². The lowest BCUT2D eigenvalue weighted by atomic mass is 9.75. The predicted octanol–water partition coefficient (Wildman–Crippen LogP) is 4.17. The van der Waals surface area contributed by atoms with Crippen LogP contribution in [0.4, 0.5) is 20.9 Å². The zero-order valence-corrected chi connectivity index (χ0v) is 19.5. The molecule has 0 bridgehead atoms. The number of carbonyl (C=O) groups is 2. The lowest BCUT2D eigenvalue weighted by molar-refractivity contribution is -0.123. The highest BCUT2D eigenvalue weighted by Crippen LogP contribution is 2.48. The van der Waals surface area contributed by atoms with Crippen molar-refractivity contribution in [3.63, 3.8) is 0 Å². The number of benzene rings is 1. The van der Waals surface area contributed by atoms with Crippen molar-refractivity contribution in [3.8, 4) is 6.07 Å². The van der Waals surface area contributed by atoms with Gasteiger partial charge in [-0.05, 0) is 68.2 Å². The molecule has 11 heteroatoms. The molecule has 1 N–H and O–H groups in total. The van der Waals surface area contributed by atoms with E-state index in [4.69, 9.17) is 17.5 Å². The second-order valence-electron chi connectivity index (χ2n) is 8.07. The molecular weight excluding hydrogens is 475 g/mol. The molecule has 3 heterocycles. The van der Waals surface area contributed by atoms with E-state index in [1.165, 1.54) is 34.6 Å². The van der Waals surface area contributed by atoms with Crippen LogP contribution in [0.15, 0.2) is 42.0 Å². The number of thiazole rings is 1. The van der Waals surface area contributed by atoms with E-state index < -0.39 is 17.3 Å². The number of nitrogens with zero attached hydrogens (tertiary/aromatic N) is 5. The van der Waals surface area contributed by atoms with Crippen molar-refractivity contribution >= 4 is 57.0 Å². The number of carbonyl (C=O) groups excluding carboxylic acids is 2. The first kappa shape index (κ1) is 22.1. The molecule has 8 nitrogen and oxygen atoms in total. The number of nitriles is 1. The zero-order valence-electron chi connectivity index (χ0n) is 17.9. The molecule has 2 amide bonds. The smallest absolute Gasteiger partial charge is 0.260 e. The van der Waals surface area contributed by atoms with Crippen molar-refractivity contribution in [2.45, 2.75) is 31.7 Å². The second kappa shape index (κ2) is 8.23. The first-order chi connectivity index (χ1) is 16.4. The number of hydrogen-bond acceptors (Lipinski definition) is 7. The molecule has 34 heavy (non-hydrogen) atoms. The van der Waals surface area contributed by atoms with Gasteiger partial charge in [0.2, 0.25) is 0 Å². The Bertz CT molecular complexity index is 1380. The molecule has 1 aliphatic carbocycles. The van der Waals surface area contributed by atoms with Crippen LogP contribution in [-0.2, 0) is 4.79 Å². The lowest BCUT2D eigenvalue weighted by Crippen LogP contribution is -2.55. The monoisotopic (exact) mass is 492 g/mol. The van der Waals surface area contributed by atoms with Crippen LogP contribution >= 0.6 is 23.6 Å². The summed E-state index contributed by atoms with van der Waals surface area (Å²) in [5.74, 6) is -1.55. The van der Waals surface area contributed by atoms with Gasteiger partial charge in [0.15, 0.2) is 10.2 Å². The number of aromatic nitrogens is 2. The molecule has 2 fully saturated rings. The van der Waals surface area contributed by atoms with Crippen molar-refractivity contribution in [1.29, 1.82) is 5.26 Å². The first-order valence-electron chi connectivity index (χ1n) is 10.4. The standard InChI is InChI=1S/C23H17FN6O2S2/c1-13-9-15(12-27-18(13)11-25)29-20(32)23(5-2-6-23)30(22(29)33)14-3-4-16(17(24)10-14)19(31)28-21-26-7-8-34-21/h3-4,7-10,12H,2,5-6H2,1H3,(H,26,28,31). The quantitative estimate of drug-likeness (QED) is 0.546. The molecular formula is C23H17FN6O2S2. The normalized spacial score (nSPS) is 16.5. The van der Waals surface area contributed by atoms with Crippen molar-refractivity contribution < 1.29 is 14.0 Å². The average Bonchev–Trinajstić information content (AvgIpc) is 3.36. The zero-order chi connectivity index (χ0) is 24.0. The maximum Gasteiger partial charge on any atom is 0.260 e. The van der Waals surface area contributed by atoms with Gasteiger partial charge in [-0.2, -0.15) is 5.26 Å². The summed E-state index contributed by atoms with van der Waals surface area (Å²) in [6.45, 7) is 1.74. The maximum atomic E-state index is 15.1. The summed E-state index contributed by atoms with van der Waals surface area (Å²) < 4.78 is 15.1. The van der Waals surface area contributed by atoms with E-state index in [9.17, 15) is 9.59 Å². The van der Waals surface area contributed by atoms with E-state index in [0.29, 0.717) is 34.9 Å². The van der Waals surface area contributed by atoms with E-state index in [1.807, 2.05) is 6.07 Å². The minimum Gasteiger partial charge on any atom is -0.303 e. The largest absolute Gasteiger partial charge is 0.303 e. The number of hydrogen-bond donors (Lipinski definition) is 1. The van der Waals surface area contributed by atoms with Gasteiger partial charge in [-0.15, -0.1) is 11.3 Å². The van der Waals surface area contributed by atoms with Gasteiger partial charge in [-0.1, -0.05) is 0 Å². The third-order valence-corrected chi connectivity index (χ3v) is 7.18. The van der Waals surface area contributed by atoms with Crippen LogP contribution in [0.5, 0.6) is 0 Å². The average molecular weight is 493 g/mol. The summed E-state index contributed by atoms with van der Waals surface area (Å²) in [5.41, 5.74) is 0.698. The fraction of sp³-hybridized carbons (Fsp3) is 0.217. The van der Waals surface area contributed by atoms with Gasteiger partial charge in [0.05, 0.1) is 17.4 Å². The van der Waals surface area contributed by atoms with Crippen LogP contribution in [-0.4, -0.2) is 32.4 Å². The second-order valence-corrected chi connectivity index (χ2v) is 9.33. The van der Waals surface area contributed by atoms with Gasteiger partial charge in [0.1, 0.15) is 23.1 Å². The van der Waals surface area contributed by atoms with Crippen LogP contribution in [0.2, 0.25) is 0 Å². The molecule has 3 aromatic rings. The minimum atomic E-state index is -0.907. The lowest BCUT2D eigenvalue weighted by Gasteiger charge is -2.43. The number of thiocarbonyl (C=S) groups is 1. The van der Waals surface area contributed by atoms with Crippen LogP contribution in [0.25, 0.3) is 0 Å². The topological polar surface area (TPSA) is 102 Å². The summed E-state index contributed by atoms with van der Waals surface area (Å²) in [6, 6.07) is 7.89. The van der Waals surface area contributed by atoms with Crippen LogP contribution in [0.3, 0.4) is 0 Å². The number of pyridine rings is 1. The Hall–Kier alpha value is -3.75. The Balaban J connectivity index is 1.49. The van der Waals surface area contributed by atoms with Gasteiger partial charge in [-0.3, -0.25) is 19.8 Å². The van der Waals surface area contributed by atoms with Gasteiger partial charge >= 0.3 is 0 Å². The molecule has 2 aromatic heterocycles. The van der Waals surface area contributed by atoms with Crippen molar-refractivity contribution in [1.82, 2.24) is 9.97 Å².